The minimum atomic E-state index is -0.554. The quantitative estimate of drug-likeness (QED) is 0.858. The van der Waals surface area contributed by atoms with E-state index < -0.39 is 11.8 Å². The number of rotatable bonds is 5. The van der Waals surface area contributed by atoms with Gasteiger partial charge in [0.15, 0.2) is 0 Å². The summed E-state index contributed by atoms with van der Waals surface area (Å²) in [6, 6.07) is 6.98. The number of benzene rings is 1. The molecule has 0 saturated heterocycles. The van der Waals surface area contributed by atoms with Crippen LogP contribution in [0.5, 0.6) is 0 Å². The first-order chi connectivity index (χ1) is 10.1. The summed E-state index contributed by atoms with van der Waals surface area (Å²) in [7, 11) is 1.28. The third-order valence-electron chi connectivity index (χ3n) is 2.98. The first-order valence-corrected chi connectivity index (χ1v) is 6.81. The van der Waals surface area contributed by atoms with E-state index in [2.05, 4.69) is 10.1 Å². The van der Waals surface area contributed by atoms with Crippen molar-refractivity contribution in [2.75, 3.05) is 13.7 Å². The molecule has 4 nitrogen and oxygen atoms in total. The van der Waals surface area contributed by atoms with Crippen LogP contribution in [0.2, 0.25) is 5.02 Å². The SMILES string of the molecule is CCNC(c1ccc(C(=O)OC)o1)c1ccc(F)cc1Cl. The molecule has 0 spiro atoms. The minimum Gasteiger partial charge on any atom is -0.463 e. The van der Waals surface area contributed by atoms with Crippen LogP contribution in [0.1, 0.15) is 34.8 Å². The van der Waals surface area contributed by atoms with Gasteiger partial charge in [-0.3, -0.25) is 0 Å². The lowest BCUT2D eigenvalue weighted by Crippen LogP contribution is -2.22. The largest absolute Gasteiger partial charge is 0.463 e. The zero-order chi connectivity index (χ0) is 15.4. The molecule has 1 aromatic heterocycles. The maximum Gasteiger partial charge on any atom is 0.373 e. The molecule has 1 N–H and O–H groups in total. The van der Waals surface area contributed by atoms with Crippen molar-refractivity contribution in [3.05, 3.63) is 58.3 Å². The lowest BCUT2D eigenvalue weighted by molar-refractivity contribution is 0.0562. The van der Waals surface area contributed by atoms with Crippen LogP contribution < -0.4 is 5.32 Å². The third kappa shape index (κ3) is 3.43. The summed E-state index contributed by atoms with van der Waals surface area (Å²) in [4.78, 5) is 11.4. The van der Waals surface area contributed by atoms with Crippen LogP contribution in [-0.4, -0.2) is 19.6 Å². The average Bonchev–Trinajstić information content (AvgIpc) is 2.94. The van der Waals surface area contributed by atoms with E-state index in [1.165, 1.54) is 25.3 Å². The first kappa shape index (κ1) is 15.5. The molecule has 0 fully saturated rings. The summed E-state index contributed by atoms with van der Waals surface area (Å²) in [5.41, 5.74) is 0.672. The standard InChI is InChI=1S/C15H15ClFNO3/c1-3-18-14(10-5-4-9(17)8-11(10)16)12-6-7-13(21-12)15(19)20-2/h4-8,14,18H,3H2,1-2H3. The summed E-state index contributed by atoms with van der Waals surface area (Å²) < 4.78 is 23.3. The number of methoxy groups -OCH3 is 1. The second-order valence-electron chi connectivity index (χ2n) is 4.35. The summed E-state index contributed by atoms with van der Waals surface area (Å²) in [5, 5.41) is 3.48. The fourth-order valence-electron chi connectivity index (χ4n) is 2.02. The Morgan fingerprint density at radius 2 is 2.19 bits per heavy atom. The van der Waals surface area contributed by atoms with Crippen molar-refractivity contribution < 1.29 is 18.3 Å². The van der Waals surface area contributed by atoms with Gasteiger partial charge in [-0.1, -0.05) is 24.6 Å². The van der Waals surface area contributed by atoms with Gasteiger partial charge >= 0.3 is 5.97 Å². The average molecular weight is 312 g/mol. The van der Waals surface area contributed by atoms with Crippen molar-refractivity contribution in [3.8, 4) is 0 Å². The van der Waals surface area contributed by atoms with E-state index in [0.717, 1.165) is 0 Å². The van der Waals surface area contributed by atoms with Crippen LogP contribution in [0.15, 0.2) is 34.7 Å². The highest BCUT2D eigenvalue weighted by molar-refractivity contribution is 6.31. The molecule has 0 aliphatic carbocycles. The summed E-state index contributed by atoms with van der Waals surface area (Å²) in [5.74, 6) is -0.352. The van der Waals surface area contributed by atoms with Crippen molar-refractivity contribution in [2.24, 2.45) is 0 Å². The smallest absolute Gasteiger partial charge is 0.373 e. The number of esters is 1. The highest BCUT2D eigenvalue weighted by Crippen LogP contribution is 2.30. The summed E-state index contributed by atoms with van der Waals surface area (Å²) in [6.07, 6.45) is 0. The van der Waals surface area contributed by atoms with Crippen LogP contribution in [0.3, 0.4) is 0 Å². The van der Waals surface area contributed by atoms with E-state index in [1.54, 1.807) is 12.1 Å². The van der Waals surface area contributed by atoms with Crippen LogP contribution in [0.25, 0.3) is 0 Å². The molecule has 2 aromatic rings. The molecule has 1 heterocycles. The predicted molar refractivity (Wildman–Crippen MR) is 77.0 cm³/mol. The van der Waals surface area contributed by atoms with E-state index in [0.29, 0.717) is 17.9 Å². The summed E-state index contributed by atoms with van der Waals surface area (Å²) >= 11 is 6.09. The van der Waals surface area contributed by atoms with Gasteiger partial charge < -0.3 is 14.5 Å². The van der Waals surface area contributed by atoms with Crippen LogP contribution in [0, 0.1) is 5.82 Å². The van der Waals surface area contributed by atoms with E-state index in [1.807, 2.05) is 6.92 Å². The molecule has 1 atom stereocenters. The number of ether oxygens (including phenoxy) is 1. The Kier molecular flexibility index (Phi) is 4.98. The molecule has 112 valence electrons. The maximum absolute atomic E-state index is 13.2. The van der Waals surface area contributed by atoms with Gasteiger partial charge in [0.25, 0.3) is 0 Å². The number of furan rings is 1. The molecule has 1 aromatic carbocycles. The molecular formula is C15H15ClFNO3. The fourth-order valence-corrected chi connectivity index (χ4v) is 2.30. The molecule has 0 saturated carbocycles. The zero-order valence-corrected chi connectivity index (χ0v) is 12.4. The van der Waals surface area contributed by atoms with Crippen molar-refractivity contribution in [1.82, 2.24) is 5.32 Å². The predicted octanol–water partition coefficient (Wildman–Crippen LogP) is 3.56. The second-order valence-corrected chi connectivity index (χ2v) is 4.76. The van der Waals surface area contributed by atoms with Crippen LogP contribution >= 0.6 is 11.6 Å². The van der Waals surface area contributed by atoms with E-state index in [9.17, 15) is 9.18 Å². The van der Waals surface area contributed by atoms with Gasteiger partial charge in [-0.05, 0) is 36.4 Å². The molecule has 0 aliphatic heterocycles. The second kappa shape index (κ2) is 6.74. The van der Waals surface area contributed by atoms with Crippen molar-refractivity contribution in [2.45, 2.75) is 13.0 Å². The van der Waals surface area contributed by atoms with E-state index in [4.69, 9.17) is 16.0 Å². The molecular weight excluding hydrogens is 297 g/mol. The van der Waals surface area contributed by atoms with Crippen LogP contribution in [0.4, 0.5) is 4.39 Å². The number of hydrogen-bond donors (Lipinski definition) is 1. The summed E-state index contributed by atoms with van der Waals surface area (Å²) in [6.45, 7) is 2.57. The van der Waals surface area contributed by atoms with E-state index in [-0.39, 0.29) is 16.8 Å². The molecule has 6 heteroatoms. The Morgan fingerprint density at radius 3 is 2.81 bits per heavy atom. The number of carbonyl (C=O) groups is 1. The van der Waals surface area contributed by atoms with Gasteiger partial charge in [-0.2, -0.15) is 0 Å². The minimum absolute atomic E-state index is 0.105. The molecule has 1 unspecified atom stereocenters. The number of nitrogens with one attached hydrogen (secondary N) is 1. The monoisotopic (exact) mass is 311 g/mol. The number of carbonyl (C=O) groups excluding carboxylic acids is 1. The Morgan fingerprint density at radius 1 is 1.43 bits per heavy atom. The Labute approximate surface area is 126 Å². The van der Waals surface area contributed by atoms with Gasteiger partial charge in [0.1, 0.15) is 11.6 Å². The number of hydrogen-bond acceptors (Lipinski definition) is 4. The molecule has 0 amide bonds. The van der Waals surface area contributed by atoms with Gasteiger partial charge in [-0.15, -0.1) is 0 Å². The number of halogens is 2. The van der Waals surface area contributed by atoms with Gasteiger partial charge in [-0.25, -0.2) is 9.18 Å². The van der Waals surface area contributed by atoms with Crippen LogP contribution in [-0.2, 0) is 4.74 Å². The normalized spacial score (nSPS) is 12.2. The van der Waals surface area contributed by atoms with Crippen molar-refractivity contribution >= 4 is 17.6 Å². The van der Waals surface area contributed by atoms with Crippen molar-refractivity contribution in [1.29, 1.82) is 0 Å². The Balaban J connectivity index is 2.38. The Hall–Kier alpha value is -1.85. The molecule has 21 heavy (non-hydrogen) atoms. The van der Waals surface area contributed by atoms with Gasteiger partial charge in [0, 0.05) is 5.02 Å². The van der Waals surface area contributed by atoms with E-state index >= 15 is 0 Å². The fraction of sp³-hybridized carbons (Fsp3) is 0.267. The highest BCUT2D eigenvalue weighted by atomic mass is 35.5. The highest BCUT2D eigenvalue weighted by Gasteiger charge is 2.21. The van der Waals surface area contributed by atoms with Gasteiger partial charge in [0.2, 0.25) is 5.76 Å². The Bertz CT molecular complexity index is 642. The zero-order valence-electron chi connectivity index (χ0n) is 11.7. The lowest BCUT2D eigenvalue weighted by atomic mass is 10.0. The topological polar surface area (TPSA) is 51.5 Å². The third-order valence-corrected chi connectivity index (χ3v) is 3.31. The maximum atomic E-state index is 13.2. The molecule has 0 radical (unpaired) electrons. The molecule has 0 aliphatic rings. The first-order valence-electron chi connectivity index (χ1n) is 6.43. The van der Waals surface area contributed by atoms with Crippen molar-refractivity contribution in [3.63, 3.8) is 0 Å². The van der Waals surface area contributed by atoms with Gasteiger partial charge in [0.05, 0.1) is 13.2 Å². The molecule has 0 bridgehead atoms. The molecule has 2 rings (SSSR count). The lowest BCUT2D eigenvalue weighted by Gasteiger charge is -2.17.